The molecule has 134 valence electrons. The Balaban J connectivity index is 1.46. The van der Waals surface area contributed by atoms with Crippen molar-refractivity contribution in [2.75, 3.05) is 19.3 Å². The van der Waals surface area contributed by atoms with Crippen molar-refractivity contribution >= 4 is 34.3 Å². The van der Waals surface area contributed by atoms with Gasteiger partial charge in [0.05, 0.1) is 25.1 Å². The Labute approximate surface area is 156 Å². The average molecular weight is 368 g/mol. The molecule has 26 heavy (non-hydrogen) atoms. The van der Waals surface area contributed by atoms with Crippen LogP contribution >= 0.6 is 11.8 Å². The molecule has 1 N–H and O–H groups in total. The summed E-state index contributed by atoms with van der Waals surface area (Å²) in [6.45, 7) is 0.345. The fourth-order valence-electron chi connectivity index (χ4n) is 2.47. The van der Waals surface area contributed by atoms with E-state index in [4.69, 9.17) is 4.42 Å². The van der Waals surface area contributed by atoms with Crippen LogP contribution in [0.4, 0.5) is 0 Å². The monoisotopic (exact) mass is 368 g/mol. The molecule has 0 unspecified atom stereocenters. The summed E-state index contributed by atoms with van der Waals surface area (Å²) in [6.07, 6.45) is 1.56. The maximum absolute atomic E-state index is 12.3. The third kappa shape index (κ3) is 4.89. The highest BCUT2D eigenvalue weighted by atomic mass is 32.2. The number of thioether (sulfide) groups is 1. The molecule has 1 heterocycles. The molecule has 2 amide bonds. The Morgan fingerprint density at radius 3 is 2.65 bits per heavy atom. The topological polar surface area (TPSA) is 62.6 Å². The molecule has 0 saturated heterocycles. The number of nitrogens with zero attached hydrogens (tertiary/aromatic N) is 1. The number of carbonyl (C=O) groups excluding carboxylic acids is 2. The minimum absolute atomic E-state index is 0.0256. The first kappa shape index (κ1) is 18.1. The highest BCUT2D eigenvalue weighted by Gasteiger charge is 2.13. The van der Waals surface area contributed by atoms with Gasteiger partial charge in [0.25, 0.3) is 0 Å². The number of fused-ring (bicyclic) bond motifs is 1. The third-order valence-electron chi connectivity index (χ3n) is 3.93. The molecule has 5 nitrogen and oxygen atoms in total. The van der Waals surface area contributed by atoms with Gasteiger partial charge >= 0.3 is 0 Å². The second kappa shape index (κ2) is 8.58. The molecule has 0 saturated carbocycles. The van der Waals surface area contributed by atoms with E-state index in [1.54, 1.807) is 25.4 Å². The summed E-state index contributed by atoms with van der Waals surface area (Å²) in [5, 5.41) is 5.05. The minimum Gasteiger partial charge on any atom is -0.467 e. The average Bonchev–Trinajstić information content (AvgIpc) is 3.18. The highest BCUT2D eigenvalue weighted by Crippen LogP contribution is 2.23. The molecule has 3 aromatic rings. The number of hydrogen-bond donors (Lipinski definition) is 1. The minimum atomic E-state index is -0.215. The molecular weight excluding hydrogens is 348 g/mol. The van der Waals surface area contributed by atoms with Gasteiger partial charge in [-0.3, -0.25) is 9.59 Å². The van der Waals surface area contributed by atoms with Crippen LogP contribution in [0.2, 0.25) is 0 Å². The second-order valence-electron chi connectivity index (χ2n) is 5.90. The van der Waals surface area contributed by atoms with Crippen LogP contribution in [0.3, 0.4) is 0 Å². The van der Waals surface area contributed by atoms with Crippen molar-refractivity contribution < 1.29 is 14.0 Å². The number of amides is 2. The normalized spacial score (nSPS) is 10.7. The van der Waals surface area contributed by atoms with Crippen LogP contribution in [0.5, 0.6) is 0 Å². The van der Waals surface area contributed by atoms with Crippen LogP contribution in [-0.2, 0) is 16.1 Å². The van der Waals surface area contributed by atoms with E-state index < -0.39 is 0 Å². The third-order valence-corrected chi connectivity index (χ3v) is 4.91. The van der Waals surface area contributed by atoms with E-state index in [2.05, 4.69) is 23.5 Å². The molecule has 0 aliphatic rings. The molecular formula is C20H20N2O3S. The highest BCUT2D eigenvalue weighted by molar-refractivity contribution is 8.00. The lowest BCUT2D eigenvalue weighted by Gasteiger charge is -2.16. The van der Waals surface area contributed by atoms with Gasteiger partial charge in [0.2, 0.25) is 11.8 Å². The van der Waals surface area contributed by atoms with E-state index >= 15 is 0 Å². The molecule has 0 fully saturated rings. The molecule has 3 rings (SSSR count). The molecule has 0 spiro atoms. The van der Waals surface area contributed by atoms with Crippen LogP contribution in [0.15, 0.2) is 70.2 Å². The Morgan fingerprint density at radius 2 is 1.88 bits per heavy atom. The van der Waals surface area contributed by atoms with Gasteiger partial charge in [-0.05, 0) is 35.0 Å². The van der Waals surface area contributed by atoms with E-state index in [9.17, 15) is 9.59 Å². The Bertz CT molecular complexity index is 893. The second-order valence-corrected chi connectivity index (χ2v) is 6.95. The molecule has 0 bridgehead atoms. The van der Waals surface area contributed by atoms with E-state index in [-0.39, 0.29) is 18.4 Å². The van der Waals surface area contributed by atoms with E-state index in [1.807, 2.05) is 24.3 Å². The summed E-state index contributed by atoms with van der Waals surface area (Å²) in [4.78, 5) is 26.6. The van der Waals surface area contributed by atoms with Crippen molar-refractivity contribution in [3.05, 3.63) is 66.6 Å². The van der Waals surface area contributed by atoms with E-state index in [0.29, 0.717) is 18.1 Å². The molecule has 2 aromatic carbocycles. The van der Waals surface area contributed by atoms with E-state index in [1.165, 1.54) is 22.0 Å². The summed E-state index contributed by atoms with van der Waals surface area (Å²) < 4.78 is 5.16. The van der Waals surface area contributed by atoms with Crippen molar-refractivity contribution in [1.29, 1.82) is 0 Å². The van der Waals surface area contributed by atoms with Crippen LogP contribution in [0.1, 0.15) is 5.76 Å². The van der Waals surface area contributed by atoms with Gasteiger partial charge in [0.1, 0.15) is 5.76 Å². The SMILES string of the molecule is CN(CC(=O)NCc1ccco1)C(=O)CSc1ccc2ccccc2c1. The first-order valence-electron chi connectivity index (χ1n) is 8.26. The standard InChI is InChI=1S/C20H20N2O3S/c1-22(13-19(23)21-12-17-7-4-10-25-17)20(24)14-26-18-9-8-15-5-2-3-6-16(15)11-18/h2-11H,12-14H2,1H3,(H,21,23). The van der Waals surface area contributed by atoms with E-state index in [0.717, 1.165) is 10.3 Å². The van der Waals surface area contributed by atoms with Gasteiger partial charge in [-0.1, -0.05) is 30.3 Å². The summed E-state index contributed by atoms with van der Waals surface area (Å²) in [6, 6.07) is 17.8. The molecule has 0 aliphatic carbocycles. The summed E-state index contributed by atoms with van der Waals surface area (Å²) in [7, 11) is 1.63. The van der Waals surface area contributed by atoms with Crippen molar-refractivity contribution in [2.24, 2.45) is 0 Å². The Morgan fingerprint density at radius 1 is 1.08 bits per heavy atom. The van der Waals surface area contributed by atoms with Gasteiger partial charge in [0.15, 0.2) is 0 Å². The predicted molar refractivity (Wildman–Crippen MR) is 103 cm³/mol. The van der Waals surface area contributed by atoms with Crippen molar-refractivity contribution in [3.8, 4) is 0 Å². The first-order chi connectivity index (χ1) is 12.6. The predicted octanol–water partition coefficient (Wildman–Crippen LogP) is 3.30. The van der Waals surface area contributed by atoms with Crippen molar-refractivity contribution in [2.45, 2.75) is 11.4 Å². The van der Waals surface area contributed by atoms with Gasteiger partial charge in [0, 0.05) is 11.9 Å². The summed E-state index contributed by atoms with van der Waals surface area (Å²) >= 11 is 1.47. The number of nitrogens with one attached hydrogen (secondary N) is 1. The van der Waals surface area contributed by atoms with Gasteiger partial charge in [-0.15, -0.1) is 11.8 Å². The fourth-order valence-corrected chi connectivity index (χ4v) is 3.36. The maximum atomic E-state index is 12.3. The van der Waals surface area contributed by atoms with Gasteiger partial charge in [-0.25, -0.2) is 0 Å². The number of hydrogen-bond acceptors (Lipinski definition) is 4. The zero-order valence-electron chi connectivity index (χ0n) is 14.5. The lowest BCUT2D eigenvalue weighted by atomic mass is 10.1. The lowest BCUT2D eigenvalue weighted by Crippen LogP contribution is -2.38. The van der Waals surface area contributed by atoms with Gasteiger partial charge in [-0.2, -0.15) is 0 Å². The number of benzene rings is 2. The molecule has 1 aromatic heterocycles. The zero-order valence-corrected chi connectivity index (χ0v) is 15.3. The van der Waals surface area contributed by atoms with Crippen LogP contribution in [0.25, 0.3) is 10.8 Å². The lowest BCUT2D eigenvalue weighted by molar-refractivity contribution is -0.132. The quantitative estimate of drug-likeness (QED) is 0.650. The molecule has 0 atom stereocenters. The maximum Gasteiger partial charge on any atom is 0.239 e. The van der Waals surface area contributed by atoms with Crippen LogP contribution < -0.4 is 5.32 Å². The number of rotatable bonds is 7. The molecule has 6 heteroatoms. The molecule has 0 aliphatic heterocycles. The Kier molecular flexibility index (Phi) is 5.96. The number of likely N-dealkylation sites (N-methyl/N-ethyl adjacent to an activating group) is 1. The fraction of sp³-hybridized carbons (Fsp3) is 0.200. The van der Waals surface area contributed by atoms with Crippen molar-refractivity contribution in [1.82, 2.24) is 10.2 Å². The molecule has 0 radical (unpaired) electrons. The first-order valence-corrected chi connectivity index (χ1v) is 9.25. The smallest absolute Gasteiger partial charge is 0.239 e. The number of carbonyl (C=O) groups is 2. The van der Waals surface area contributed by atoms with Crippen LogP contribution in [0, 0.1) is 0 Å². The summed E-state index contributed by atoms with van der Waals surface area (Å²) in [5.74, 6) is 0.670. The summed E-state index contributed by atoms with van der Waals surface area (Å²) in [5.41, 5.74) is 0. The van der Waals surface area contributed by atoms with Gasteiger partial charge < -0.3 is 14.6 Å². The Hall–Kier alpha value is -2.73. The largest absolute Gasteiger partial charge is 0.467 e. The zero-order chi connectivity index (χ0) is 18.4. The van der Waals surface area contributed by atoms with Crippen molar-refractivity contribution in [3.63, 3.8) is 0 Å². The van der Waals surface area contributed by atoms with Crippen LogP contribution in [-0.4, -0.2) is 36.1 Å². The number of furan rings is 1.